The third kappa shape index (κ3) is 5.89. The Hall–Kier alpha value is -3.98. The number of unbranched alkanes of at least 4 members (excludes halogenated alkanes) is 1. The van der Waals surface area contributed by atoms with Gasteiger partial charge < -0.3 is 29.7 Å². The molecule has 0 aliphatic heterocycles. The zero-order valence-corrected chi connectivity index (χ0v) is 21.1. The van der Waals surface area contributed by atoms with Crippen molar-refractivity contribution >= 4 is 45.3 Å². The number of aliphatic carboxylic acids is 1. The quantitative estimate of drug-likeness (QED) is 0.222. The van der Waals surface area contributed by atoms with Gasteiger partial charge in [0.2, 0.25) is 0 Å². The number of amides is 1. The third-order valence-corrected chi connectivity index (χ3v) is 6.44. The number of hydrogen-bond donors (Lipinski definition) is 4. The van der Waals surface area contributed by atoms with Gasteiger partial charge in [0.15, 0.2) is 6.10 Å². The van der Waals surface area contributed by atoms with Crippen LogP contribution in [0, 0.1) is 0 Å². The Bertz CT molecular complexity index is 1520. The topological polar surface area (TPSA) is 142 Å². The number of phenols is 1. The molecule has 194 valence electrons. The van der Waals surface area contributed by atoms with Crippen molar-refractivity contribution in [3.8, 4) is 11.5 Å². The van der Waals surface area contributed by atoms with Crippen LogP contribution in [0.15, 0.2) is 51.8 Å². The summed E-state index contributed by atoms with van der Waals surface area (Å²) in [4.78, 5) is 39.8. The number of benzene rings is 2. The first kappa shape index (κ1) is 26.1. The van der Waals surface area contributed by atoms with Gasteiger partial charge in [0.05, 0.1) is 5.02 Å². The number of carboxylic acid groups (broad SMARTS) is 1. The predicted octanol–water partition coefficient (Wildman–Crippen LogP) is 4.56. The number of nitrogens with one attached hydrogen (secondary N) is 2. The number of hydrogen-bond acceptors (Lipinski definition) is 6. The molecule has 4 N–H and O–H groups in total. The molecule has 4 rings (SSSR count). The zero-order chi connectivity index (χ0) is 26.7. The van der Waals surface area contributed by atoms with Gasteiger partial charge in [0, 0.05) is 41.0 Å². The van der Waals surface area contributed by atoms with Crippen molar-refractivity contribution in [1.82, 2.24) is 10.3 Å². The van der Waals surface area contributed by atoms with Crippen LogP contribution in [0.25, 0.3) is 21.9 Å². The van der Waals surface area contributed by atoms with E-state index >= 15 is 0 Å². The van der Waals surface area contributed by atoms with Gasteiger partial charge in [0.1, 0.15) is 23.1 Å². The first-order valence-electron chi connectivity index (χ1n) is 11.9. The number of aryl methyl sites for hydroxylation is 1. The molecule has 2 aromatic carbocycles. The molecule has 1 amide bonds. The molecular weight excluding hydrogens is 500 g/mol. The van der Waals surface area contributed by atoms with Crippen LogP contribution in [-0.4, -0.2) is 39.2 Å². The highest BCUT2D eigenvalue weighted by Gasteiger charge is 2.26. The van der Waals surface area contributed by atoms with Crippen LogP contribution in [0.1, 0.15) is 37.8 Å². The summed E-state index contributed by atoms with van der Waals surface area (Å²) >= 11 is 6.42. The lowest BCUT2D eigenvalue weighted by atomic mass is 10.0. The van der Waals surface area contributed by atoms with E-state index in [-0.39, 0.29) is 28.5 Å². The summed E-state index contributed by atoms with van der Waals surface area (Å²) in [7, 11) is 0. The summed E-state index contributed by atoms with van der Waals surface area (Å²) < 4.78 is 11.1. The first-order valence-corrected chi connectivity index (χ1v) is 12.3. The second-order valence-corrected chi connectivity index (χ2v) is 9.29. The predicted molar refractivity (Wildman–Crippen MR) is 139 cm³/mol. The molecule has 2 aromatic heterocycles. The van der Waals surface area contributed by atoms with Gasteiger partial charge in [-0.2, -0.15) is 0 Å². The van der Waals surface area contributed by atoms with Crippen molar-refractivity contribution in [2.45, 2.75) is 51.7 Å². The summed E-state index contributed by atoms with van der Waals surface area (Å²) in [6, 6.07) is 8.04. The van der Waals surface area contributed by atoms with E-state index in [1.165, 1.54) is 31.2 Å². The minimum atomic E-state index is -1.24. The SMILES string of the molecule is CCCCc1cc(=O)oc2cc(O[C@H](C)C(=O)N[C@@H](Cc3c[nH]c4ccc(O)cc34)C(=O)O)c(Cl)cc12. The number of rotatable bonds is 10. The fourth-order valence-corrected chi connectivity index (χ4v) is 4.39. The number of carbonyl (C=O) groups is 2. The van der Waals surface area contributed by atoms with Crippen molar-refractivity contribution in [3.05, 3.63) is 69.2 Å². The molecule has 9 nitrogen and oxygen atoms in total. The number of H-pyrrole nitrogens is 1. The molecule has 0 saturated heterocycles. The summed E-state index contributed by atoms with van der Waals surface area (Å²) in [6.07, 6.45) is 3.09. The zero-order valence-electron chi connectivity index (χ0n) is 20.3. The van der Waals surface area contributed by atoms with Crippen molar-refractivity contribution in [2.24, 2.45) is 0 Å². The molecule has 0 fully saturated rings. The minimum Gasteiger partial charge on any atom is -0.508 e. The number of carbonyl (C=O) groups excluding carboxylic acids is 1. The van der Waals surface area contributed by atoms with Crippen LogP contribution in [0.3, 0.4) is 0 Å². The lowest BCUT2D eigenvalue weighted by molar-refractivity contribution is -0.142. The van der Waals surface area contributed by atoms with Crippen molar-refractivity contribution < 1.29 is 29.0 Å². The van der Waals surface area contributed by atoms with E-state index in [9.17, 15) is 24.6 Å². The molecule has 0 spiro atoms. The first-order chi connectivity index (χ1) is 17.7. The Kier molecular flexibility index (Phi) is 7.73. The van der Waals surface area contributed by atoms with E-state index in [1.54, 1.807) is 18.3 Å². The number of ether oxygens (including phenoxy) is 1. The van der Waals surface area contributed by atoms with E-state index in [2.05, 4.69) is 17.2 Å². The number of aromatic amines is 1. The number of phenolic OH excluding ortho intramolecular Hbond substituents is 1. The Labute approximate surface area is 217 Å². The van der Waals surface area contributed by atoms with Crippen molar-refractivity contribution in [2.75, 3.05) is 0 Å². The van der Waals surface area contributed by atoms with Gasteiger partial charge in [-0.1, -0.05) is 24.9 Å². The maximum Gasteiger partial charge on any atom is 0.336 e. The average Bonchev–Trinajstić information content (AvgIpc) is 3.24. The van der Waals surface area contributed by atoms with E-state index in [0.29, 0.717) is 22.8 Å². The summed E-state index contributed by atoms with van der Waals surface area (Å²) in [5.74, 6) is -1.71. The molecule has 0 bridgehead atoms. The van der Waals surface area contributed by atoms with Gasteiger partial charge >= 0.3 is 11.6 Å². The fraction of sp³-hybridized carbons (Fsp3) is 0.296. The molecule has 37 heavy (non-hydrogen) atoms. The average molecular weight is 527 g/mol. The van der Waals surface area contributed by atoms with Crippen LogP contribution < -0.4 is 15.7 Å². The van der Waals surface area contributed by atoms with Crippen LogP contribution in [-0.2, 0) is 22.4 Å². The fourth-order valence-electron chi connectivity index (χ4n) is 4.18. The molecule has 2 heterocycles. The number of fused-ring (bicyclic) bond motifs is 2. The van der Waals surface area contributed by atoms with Gasteiger partial charge in [-0.3, -0.25) is 4.79 Å². The van der Waals surface area contributed by atoms with Crippen LogP contribution in [0.4, 0.5) is 0 Å². The normalized spacial score (nSPS) is 12.9. The van der Waals surface area contributed by atoms with Crippen molar-refractivity contribution in [3.63, 3.8) is 0 Å². The minimum absolute atomic E-state index is 0.0142. The van der Waals surface area contributed by atoms with Crippen molar-refractivity contribution in [1.29, 1.82) is 0 Å². The third-order valence-electron chi connectivity index (χ3n) is 6.14. The Morgan fingerprint density at radius 1 is 1.16 bits per heavy atom. The highest BCUT2D eigenvalue weighted by atomic mass is 35.5. The lowest BCUT2D eigenvalue weighted by Crippen LogP contribution is -2.47. The number of aromatic nitrogens is 1. The molecule has 0 radical (unpaired) electrons. The second kappa shape index (κ2) is 11.0. The molecule has 0 aliphatic carbocycles. The lowest BCUT2D eigenvalue weighted by Gasteiger charge is -2.19. The molecular formula is C27H27ClN2O7. The number of aromatic hydroxyl groups is 1. The standard InChI is InChI=1S/C27H27ClN2O7/c1-3-4-5-15-9-25(32)37-23-12-24(20(28)11-19(15)23)36-14(2)26(33)30-22(27(34)35)8-16-13-29-21-7-6-17(31)10-18(16)21/h6-7,9-14,22,29,31H,3-5,8H2,1-2H3,(H,30,33)(H,34,35)/t14-,22+/m1/s1. The highest BCUT2D eigenvalue weighted by Crippen LogP contribution is 2.32. The smallest absolute Gasteiger partial charge is 0.336 e. The number of carboxylic acids is 1. The largest absolute Gasteiger partial charge is 0.508 e. The Morgan fingerprint density at radius 3 is 2.68 bits per heavy atom. The maximum absolute atomic E-state index is 12.8. The molecule has 0 unspecified atom stereocenters. The summed E-state index contributed by atoms with van der Waals surface area (Å²) in [6.45, 7) is 3.52. The highest BCUT2D eigenvalue weighted by molar-refractivity contribution is 6.32. The van der Waals surface area contributed by atoms with Crippen LogP contribution in [0.2, 0.25) is 5.02 Å². The molecule has 4 aromatic rings. The Morgan fingerprint density at radius 2 is 1.95 bits per heavy atom. The van der Waals surface area contributed by atoms with E-state index in [1.807, 2.05) is 0 Å². The number of halogens is 1. The monoisotopic (exact) mass is 526 g/mol. The van der Waals surface area contributed by atoms with Crippen LogP contribution in [0.5, 0.6) is 11.5 Å². The summed E-state index contributed by atoms with van der Waals surface area (Å²) in [5, 5.41) is 23.6. The maximum atomic E-state index is 12.8. The van der Waals surface area contributed by atoms with Gasteiger partial charge in [-0.25, -0.2) is 9.59 Å². The van der Waals surface area contributed by atoms with Gasteiger partial charge in [0.25, 0.3) is 5.91 Å². The van der Waals surface area contributed by atoms with Gasteiger partial charge in [-0.15, -0.1) is 0 Å². The molecule has 0 saturated carbocycles. The van der Waals surface area contributed by atoms with Gasteiger partial charge in [-0.05, 0) is 55.2 Å². The molecule has 0 aliphatic rings. The molecule has 2 atom stereocenters. The van der Waals surface area contributed by atoms with E-state index in [4.69, 9.17) is 20.8 Å². The van der Waals surface area contributed by atoms with E-state index in [0.717, 1.165) is 23.9 Å². The van der Waals surface area contributed by atoms with Crippen LogP contribution >= 0.6 is 11.6 Å². The summed E-state index contributed by atoms with van der Waals surface area (Å²) in [5.41, 5.74) is 1.97. The molecule has 10 heteroatoms. The Balaban J connectivity index is 1.51. The second-order valence-electron chi connectivity index (χ2n) is 8.88. The van der Waals surface area contributed by atoms with E-state index < -0.39 is 29.6 Å².